The average molecular weight is 372 g/mol. The normalized spacial score (nSPS) is 18.0. The SMILES string of the molecule is CN(Cc1nc2ccccc2s1)C(=O)CN1CCCC1c1cccs1. The smallest absolute Gasteiger partial charge is 0.236 e. The Morgan fingerprint density at radius 3 is 3.00 bits per heavy atom. The lowest BCUT2D eigenvalue weighted by Crippen LogP contribution is -2.37. The Bertz CT molecular complexity index is 826. The van der Waals surface area contributed by atoms with Crippen molar-refractivity contribution in [2.75, 3.05) is 20.1 Å². The summed E-state index contributed by atoms with van der Waals surface area (Å²) in [6.07, 6.45) is 2.31. The molecule has 1 aliphatic heterocycles. The van der Waals surface area contributed by atoms with Crippen molar-refractivity contribution in [3.8, 4) is 0 Å². The van der Waals surface area contributed by atoms with E-state index in [1.165, 1.54) is 9.58 Å². The number of thiophene rings is 1. The highest BCUT2D eigenvalue weighted by Crippen LogP contribution is 2.34. The zero-order valence-corrected chi connectivity index (χ0v) is 15.9. The lowest BCUT2D eigenvalue weighted by atomic mass is 10.2. The van der Waals surface area contributed by atoms with E-state index >= 15 is 0 Å². The number of hydrogen-bond acceptors (Lipinski definition) is 5. The fourth-order valence-corrected chi connectivity index (χ4v) is 5.31. The number of amides is 1. The molecule has 3 heterocycles. The number of likely N-dealkylation sites (tertiary alicyclic amines) is 1. The number of likely N-dealkylation sites (N-methyl/N-ethyl adjacent to an activating group) is 1. The number of carbonyl (C=O) groups excluding carboxylic acids is 1. The van der Waals surface area contributed by atoms with Crippen LogP contribution in [-0.2, 0) is 11.3 Å². The number of hydrogen-bond donors (Lipinski definition) is 0. The number of para-hydroxylation sites is 1. The van der Waals surface area contributed by atoms with E-state index in [1.54, 1.807) is 22.7 Å². The summed E-state index contributed by atoms with van der Waals surface area (Å²) in [5, 5.41) is 3.11. The van der Waals surface area contributed by atoms with Gasteiger partial charge in [-0.15, -0.1) is 22.7 Å². The van der Waals surface area contributed by atoms with Gasteiger partial charge in [0, 0.05) is 18.0 Å². The molecule has 0 radical (unpaired) electrons. The highest BCUT2D eigenvalue weighted by Gasteiger charge is 2.29. The summed E-state index contributed by atoms with van der Waals surface area (Å²) >= 11 is 3.46. The summed E-state index contributed by atoms with van der Waals surface area (Å²) in [5.74, 6) is 0.169. The van der Waals surface area contributed by atoms with Crippen molar-refractivity contribution in [3.05, 3.63) is 51.7 Å². The van der Waals surface area contributed by atoms with E-state index in [4.69, 9.17) is 0 Å². The third kappa shape index (κ3) is 3.61. The zero-order valence-electron chi connectivity index (χ0n) is 14.2. The fraction of sp³-hybridized carbons (Fsp3) is 0.368. The van der Waals surface area contributed by atoms with Crippen LogP contribution in [0.2, 0.25) is 0 Å². The number of thiazole rings is 1. The molecule has 2 aromatic heterocycles. The second-order valence-electron chi connectivity index (χ2n) is 6.47. The molecule has 4 nitrogen and oxygen atoms in total. The molecule has 0 aliphatic carbocycles. The van der Waals surface area contributed by atoms with Crippen LogP contribution in [0.5, 0.6) is 0 Å². The maximum Gasteiger partial charge on any atom is 0.236 e. The van der Waals surface area contributed by atoms with Crippen LogP contribution in [0.3, 0.4) is 0 Å². The minimum Gasteiger partial charge on any atom is -0.338 e. The van der Waals surface area contributed by atoms with Crippen LogP contribution >= 0.6 is 22.7 Å². The third-order valence-corrected chi connectivity index (χ3v) is 6.70. The molecule has 1 aromatic carbocycles. The molecule has 0 bridgehead atoms. The van der Waals surface area contributed by atoms with Crippen molar-refractivity contribution in [2.45, 2.75) is 25.4 Å². The van der Waals surface area contributed by atoms with E-state index in [0.717, 1.165) is 29.9 Å². The van der Waals surface area contributed by atoms with E-state index < -0.39 is 0 Å². The fourth-order valence-electron chi connectivity index (χ4n) is 3.39. The number of rotatable bonds is 5. The Labute approximate surface area is 155 Å². The molecule has 1 aliphatic rings. The van der Waals surface area contributed by atoms with Crippen molar-refractivity contribution >= 4 is 38.8 Å². The maximum absolute atomic E-state index is 12.7. The Hall–Kier alpha value is -1.76. The Morgan fingerprint density at radius 1 is 1.32 bits per heavy atom. The standard InChI is InChI=1S/C19H21N3OS2/c1-21(12-18-20-14-6-2-3-8-16(14)25-18)19(23)13-22-10-4-7-15(22)17-9-5-11-24-17/h2-3,5-6,8-9,11,15H,4,7,10,12-13H2,1H3. The highest BCUT2D eigenvalue weighted by atomic mass is 32.1. The van der Waals surface area contributed by atoms with Gasteiger partial charge < -0.3 is 4.90 Å². The van der Waals surface area contributed by atoms with Gasteiger partial charge in [0.2, 0.25) is 5.91 Å². The molecule has 25 heavy (non-hydrogen) atoms. The molecule has 1 saturated heterocycles. The molecule has 0 spiro atoms. The quantitative estimate of drug-likeness (QED) is 0.676. The van der Waals surface area contributed by atoms with Gasteiger partial charge in [0.15, 0.2) is 0 Å². The number of aromatic nitrogens is 1. The Morgan fingerprint density at radius 2 is 2.20 bits per heavy atom. The molecular weight excluding hydrogens is 350 g/mol. The van der Waals surface area contributed by atoms with Crippen LogP contribution in [-0.4, -0.2) is 40.8 Å². The minimum atomic E-state index is 0.169. The predicted octanol–water partition coefficient (Wildman–Crippen LogP) is 4.15. The maximum atomic E-state index is 12.7. The van der Waals surface area contributed by atoms with Gasteiger partial charge in [0.05, 0.1) is 23.3 Å². The molecule has 0 saturated carbocycles. The summed E-state index contributed by atoms with van der Waals surface area (Å²) in [7, 11) is 1.88. The topological polar surface area (TPSA) is 36.4 Å². The molecule has 1 amide bonds. The predicted molar refractivity (Wildman–Crippen MR) is 104 cm³/mol. The summed E-state index contributed by atoms with van der Waals surface area (Å²) in [4.78, 5) is 22.8. The van der Waals surface area contributed by atoms with Crippen molar-refractivity contribution in [1.29, 1.82) is 0 Å². The second kappa shape index (κ2) is 7.23. The lowest BCUT2D eigenvalue weighted by Gasteiger charge is -2.25. The van der Waals surface area contributed by atoms with Gasteiger partial charge in [-0.05, 0) is 43.0 Å². The van der Waals surface area contributed by atoms with Crippen LogP contribution in [0.1, 0.15) is 28.8 Å². The van der Waals surface area contributed by atoms with Crippen LogP contribution in [0.4, 0.5) is 0 Å². The first-order valence-corrected chi connectivity index (χ1v) is 10.3. The van der Waals surface area contributed by atoms with E-state index in [-0.39, 0.29) is 5.91 Å². The molecule has 1 atom stereocenters. The molecule has 0 N–H and O–H groups in total. The summed E-state index contributed by atoms with van der Waals surface area (Å²) in [6.45, 7) is 2.07. The van der Waals surface area contributed by atoms with Crippen LogP contribution < -0.4 is 0 Å². The van der Waals surface area contributed by atoms with Crippen LogP contribution in [0, 0.1) is 0 Å². The molecule has 6 heteroatoms. The molecule has 4 rings (SSSR count). The first-order valence-electron chi connectivity index (χ1n) is 8.56. The van der Waals surface area contributed by atoms with Gasteiger partial charge in [0.1, 0.15) is 5.01 Å². The van der Waals surface area contributed by atoms with E-state index in [2.05, 4.69) is 33.5 Å². The van der Waals surface area contributed by atoms with Gasteiger partial charge in [-0.3, -0.25) is 9.69 Å². The summed E-state index contributed by atoms with van der Waals surface area (Å²) in [5.41, 5.74) is 1.01. The van der Waals surface area contributed by atoms with Gasteiger partial charge in [0.25, 0.3) is 0 Å². The highest BCUT2D eigenvalue weighted by molar-refractivity contribution is 7.18. The Balaban J connectivity index is 1.40. The molecule has 3 aromatic rings. The first-order chi connectivity index (χ1) is 12.2. The number of benzene rings is 1. The van der Waals surface area contributed by atoms with Gasteiger partial charge >= 0.3 is 0 Å². The monoisotopic (exact) mass is 371 g/mol. The van der Waals surface area contributed by atoms with E-state index in [9.17, 15) is 4.79 Å². The summed E-state index contributed by atoms with van der Waals surface area (Å²) < 4.78 is 1.18. The van der Waals surface area contributed by atoms with E-state index in [1.807, 2.05) is 30.1 Å². The second-order valence-corrected chi connectivity index (χ2v) is 8.56. The van der Waals surface area contributed by atoms with Gasteiger partial charge in [-0.2, -0.15) is 0 Å². The molecule has 1 unspecified atom stereocenters. The third-order valence-electron chi connectivity index (χ3n) is 4.71. The van der Waals surface area contributed by atoms with Crippen LogP contribution in [0.15, 0.2) is 41.8 Å². The largest absolute Gasteiger partial charge is 0.338 e. The Kier molecular flexibility index (Phi) is 4.83. The lowest BCUT2D eigenvalue weighted by molar-refractivity contribution is -0.131. The number of nitrogens with zero attached hydrogens (tertiary/aromatic N) is 3. The molecule has 130 valence electrons. The average Bonchev–Trinajstić information content (AvgIpc) is 3.34. The molecular formula is C19H21N3OS2. The minimum absolute atomic E-state index is 0.169. The molecule has 1 fully saturated rings. The van der Waals surface area contributed by atoms with Crippen molar-refractivity contribution < 1.29 is 4.79 Å². The summed E-state index contributed by atoms with van der Waals surface area (Å²) in [6, 6.07) is 12.8. The van der Waals surface area contributed by atoms with Crippen molar-refractivity contribution in [1.82, 2.24) is 14.8 Å². The van der Waals surface area contributed by atoms with E-state index in [0.29, 0.717) is 19.1 Å². The zero-order chi connectivity index (χ0) is 17.2. The number of fused-ring (bicyclic) bond motifs is 1. The van der Waals surface area contributed by atoms with Gasteiger partial charge in [-0.25, -0.2) is 4.98 Å². The van der Waals surface area contributed by atoms with Crippen molar-refractivity contribution in [3.63, 3.8) is 0 Å². The van der Waals surface area contributed by atoms with Crippen LogP contribution in [0.25, 0.3) is 10.2 Å². The first kappa shape index (κ1) is 16.7. The number of carbonyl (C=O) groups is 1. The van der Waals surface area contributed by atoms with Gasteiger partial charge in [-0.1, -0.05) is 18.2 Å². The van der Waals surface area contributed by atoms with Crippen molar-refractivity contribution in [2.24, 2.45) is 0 Å².